The lowest BCUT2D eigenvalue weighted by Gasteiger charge is -1.99. The van der Waals surface area contributed by atoms with Crippen LogP contribution in [0, 0.1) is 11.6 Å². The Hall–Kier alpha value is -1.75. The van der Waals surface area contributed by atoms with Crippen molar-refractivity contribution in [1.82, 2.24) is 9.38 Å². The molecule has 2 heterocycles. The summed E-state index contributed by atoms with van der Waals surface area (Å²) in [5, 5.41) is 0. The molecule has 0 unspecified atom stereocenters. The van der Waals surface area contributed by atoms with Crippen LogP contribution in [0.2, 0.25) is 0 Å². The lowest BCUT2D eigenvalue weighted by molar-refractivity contribution is 0.511. The summed E-state index contributed by atoms with van der Waals surface area (Å²) in [5.41, 5.74) is 2.00. The van der Waals surface area contributed by atoms with Crippen molar-refractivity contribution in [3.8, 4) is 11.3 Å². The van der Waals surface area contributed by atoms with Crippen molar-refractivity contribution < 1.29 is 8.78 Å². The smallest absolute Gasteiger partial charge is 0.194 e. The number of nitrogens with zero attached hydrogens (tertiary/aromatic N) is 2. The van der Waals surface area contributed by atoms with Crippen molar-refractivity contribution in [2.24, 2.45) is 0 Å². The lowest BCUT2D eigenvalue weighted by Crippen LogP contribution is -1.89. The number of aromatic nitrogens is 2. The van der Waals surface area contributed by atoms with E-state index in [1.165, 1.54) is 23.1 Å². The third-order valence-electron chi connectivity index (χ3n) is 3.55. The van der Waals surface area contributed by atoms with Gasteiger partial charge >= 0.3 is 0 Å². The number of rotatable bonds is 1. The summed E-state index contributed by atoms with van der Waals surface area (Å²) in [4.78, 5) is 6.66. The molecule has 19 heavy (non-hydrogen) atoms. The number of aryl methyl sites for hydroxylation is 2. The molecule has 0 spiro atoms. The minimum absolute atomic E-state index is 0.225. The van der Waals surface area contributed by atoms with E-state index in [2.05, 4.69) is 4.98 Å². The molecule has 5 heteroatoms. The number of thiazole rings is 1. The van der Waals surface area contributed by atoms with Gasteiger partial charge in [0.05, 0.1) is 5.69 Å². The Morgan fingerprint density at radius 1 is 1.21 bits per heavy atom. The van der Waals surface area contributed by atoms with Gasteiger partial charge in [-0.25, -0.2) is 13.8 Å². The molecule has 0 bridgehead atoms. The second kappa shape index (κ2) is 3.87. The van der Waals surface area contributed by atoms with E-state index in [9.17, 15) is 8.78 Å². The zero-order valence-corrected chi connectivity index (χ0v) is 10.8. The fourth-order valence-electron chi connectivity index (χ4n) is 2.64. The lowest BCUT2D eigenvalue weighted by atomic mass is 10.1. The van der Waals surface area contributed by atoms with Crippen LogP contribution < -0.4 is 0 Å². The van der Waals surface area contributed by atoms with Crippen LogP contribution >= 0.6 is 11.3 Å². The maximum Gasteiger partial charge on any atom is 0.194 e. The number of imidazole rings is 1. The minimum Gasteiger partial charge on any atom is -0.294 e. The Labute approximate surface area is 112 Å². The van der Waals surface area contributed by atoms with E-state index in [0.717, 1.165) is 23.9 Å². The highest BCUT2D eigenvalue weighted by Gasteiger charge is 2.20. The van der Waals surface area contributed by atoms with Crippen LogP contribution in [0.1, 0.15) is 17.0 Å². The first-order chi connectivity index (χ1) is 9.24. The van der Waals surface area contributed by atoms with Crippen LogP contribution in [0.15, 0.2) is 24.4 Å². The molecule has 0 atom stereocenters. The SMILES string of the molecule is Fc1cccc(-c2cn3c4c(sc3n2)CCC4)c1F. The van der Waals surface area contributed by atoms with Gasteiger partial charge in [0, 0.05) is 22.3 Å². The molecule has 1 aliphatic rings. The highest BCUT2D eigenvalue weighted by molar-refractivity contribution is 7.17. The normalized spacial score (nSPS) is 14.2. The topological polar surface area (TPSA) is 17.3 Å². The van der Waals surface area contributed by atoms with Gasteiger partial charge in [0.1, 0.15) is 0 Å². The number of hydrogen-bond donors (Lipinski definition) is 0. The Balaban J connectivity index is 1.92. The number of halogens is 2. The molecule has 0 saturated heterocycles. The first-order valence-electron chi connectivity index (χ1n) is 6.18. The van der Waals surface area contributed by atoms with E-state index in [0.29, 0.717) is 5.69 Å². The summed E-state index contributed by atoms with van der Waals surface area (Å²) < 4.78 is 29.1. The van der Waals surface area contributed by atoms with Gasteiger partial charge in [0.2, 0.25) is 0 Å². The Bertz CT molecular complexity index is 788. The van der Waals surface area contributed by atoms with Gasteiger partial charge in [-0.15, -0.1) is 11.3 Å². The molecule has 2 nitrogen and oxygen atoms in total. The highest BCUT2D eigenvalue weighted by atomic mass is 32.1. The summed E-state index contributed by atoms with van der Waals surface area (Å²) >= 11 is 1.65. The van der Waals surface area contributed by atoms with E-state index in [1.54, 1.807) is 17.4 Å². The van der Waals surface area contributed by atoms with E-state index in [-0.39, 0.29) is 5.56 Å². The fourth-order valence-corrected chi connectivity index (χ4v) is 3.83. The molecule has 4 rings (SSSR count). The van der Waals surface area contributed by atoms with Gasteiger partial charge in [-0.2, -0.15) is 0 Å². The molecule has 1 aliphatic carbocycles. The van der Waals surface area contributed by atoms with Gasteiger partial charge in [-0.3, -0.25) is 4.40 Å². The van der Waals surface area contributed by atoms with Crippen LogP contribution in [0.25, 0.3) is 16.2 Å². The third-order valence-corrected chi connectivity index (χ3v) is 4.70. The van der Waals surface area contributed by atoms with Crippen LogP contribution in [0.5, 0.6) is 0 Å². The van der Waals surface area contributed by atoms with Crippen molar-refractivity contribution in [2.45, 2.75) is 19.3 Å². The molecule has 96 valence electrons. The van der Waals surface area contributed by atoms with Crippen molar-refractivity contribution in [1.29, 1.82) is 0 Å². The number of benzene rings is 1. The summed E-state index contributed by atoms with van der Waals surface area (Å²) in [6, 6.07) is 4.19. The Morgan fingerprint density at radius 3 is 3.00 bits per heavy atom. The minimum atomic E-state index is -0.834. The molecule has 0 radical (unpaired) electrons. The molecule has 0 fully saturated rings. The maximum atomic E-state index is 13.8. The molecule has 0 amide bonds. The van der Waals surface area contributed by atoms with Gasteiger partial charge < -0.3 is 0 Å². The average molecular weight is 276 g/mol. The van der Waals surface area contributed by atoms with E-state index < -0.39 is 11.6 Å². The van der Waals surface area contributed by atoms with Crippen molar-refractivity contribution in [2.75, 3.05) is 0 Å². The number of fused-ring (bicyclic) bond motifs is 3. The van der Waals surface area contributed by atoms with Gasteiger partial charge in [0.15, 0.2) is 16.6 Å². The largest absolute Gasteiger partial charge is 0.294 e. The number of hydrogen-bond acceptors (Lipinski definition) is 2. The molecule has 0 saturated carbocycles. The predicted molar refractivity (Wildman–Crippen MR) is 70.4 cm³/mol. The zero-order chi connectivity index (χ0) is 13.0. The second-order valence-corrected chi connectivity index (χ2v) is 5.77. The monoisotopic (exact) mass is 276 g/mol. The van der Waals surface area contributed by atoms with Gasteiger partial charge in [0.25, 0.3) is 0 Å². The molecule has 3 aromatic rings. The fraction of sp³-hybridized carbons (Fsp3) is 0.214. The standard InChI is InChI=1S/C14H10F2N2S/c15-9-4-1-3-8(13(9)16)10-7-18-11-5-2-6-12(11)19-14(18)17-10/h1,3-4,7H,2,5-6H2. The van der Waals surface area contributed by atoms with E-state index in [1.807, 2.05) is 10.6 Å². The highest BCUT2D eigenvalue weighted by Crippen LogP contribution is 2.33. The van der Waals surface area contributed by atoms with Crippen LogP contribution in [-0.2, 0) is 12.8 Å². The summed E-state index contributed by atoms with van der Waals surface area (Å²) in [6.45, 7) is 0. The molecular weight excluding hydrogens is 266 g/mol. The summed E-state index contributed by atoms with van der Waals surface area (Å²) in [5.74, 6) is -1.66. The average Bonchev–Trinajstić information content (AvgIpc) is 3.03. The van der Waals surface area contributed by atoms with Crippen molar-refractivity contribution in [3.05, 3.63) is 46.6 Å². The van der Waals surface area contributed by atoms with Crippen molar-refractivity contribution in [3.63, 3.8) is 0 Å². The van der Waals surface area contributed by atoms with Crippen LogP contribution in [0.4, 0.5) is 8.78 Å². The quantitative estimate of drug-likeness (QED) is 0.660. The zero-order valence-electron chi connectivity index (χ0n) is 9.99. The molecule has 0 N–H and O–H groups in total. The Morgan fingerprint density at radius 2 is 2.11 bits per heavy atom. The first kappa shape index (κ1) is 11.1. The van der Waals surface area contributed by atoms with Crippen LogP contribution in [0.3, 0.4) is 0 Å². The first-order valence-corrected chi connectivity index (χ1v) is 7.00. The van der Waals surface area contributed by atoms with Gasteiger partial charge in [-0.1, -0.05) is 6.07 Å². The summed E-state index contributed by atoms with van der Waals surface area (Å²) in [6.07, 6.45) is 5.12. The van der Waals surface area contributed by atoms with Gasteiger partial charge in [-0.05, 0) is 31.4 Å². The van der Waals surface area contributed by atoms with Crippen molar-refractivity contribution >= 4 is 16.3 Å². The van der Waals surface area contributed by atoms with Crippen LogP contribution in [-0.4, -0.2) is 9.38 Å². The van der Waals surface area contributed by atoms with E-state index in [4.69, 9.17) is 0 Å². The third kappa shape index (κ3) is 1.54. The molecule has 2 aromatic heterocycles. The maximum absolute atomic E-state index is 13.8. The second-order valence-electron chi connectivity index (χ2n) is 4.71. The van der Waals surface area contributed by atoms with E-state index >= 15 is 0 Å². The molecule has 1 aromatic carbocycles. The summed E-state index contributed by atoms with van der Waals surface area (Å²) in [7, 11) is 0. The predicted octanol–water partition coefficient (Wildman–Crippen LogP) is 3.83. The molecule has 0 aliphatic heterocycles. The molecular formula is C14H10F2N2S. The Kier molecular flexibility index (Phi) is 2.26.